The van der Waals surface area contributed by atoms with Crippen molar-refractivity contribution in [1.29, 1.82) is 0 Å². The maximum Gasteiger partial charge on any atom is 0.240 e. The number of hydrogen-bond acceptors (Lipinski definition) is 5. The van der Waals surface area contributed by atoms with Gasteiger partial charge < -0.3 is 10.1 Å². The molecule has 0 unspecified atom stereocenters. The molecule has 0 aliphatic carbocycles. The second-order valence-corrected chi connectivity index (χ2v) is 9.38. The first-order chi connectivity index (χ1) is 13.3. The van der Waals surface area contributed by atoms with Gasteiger partial charge in [0.15, 0.2) is 0 Å². The van der Waals surface area contributed by atoms with E-state index in [0.29, 0.717) is 23.7 Å². The number of benzene rings is 2. The predicted molar refractivity (Wildman–Crippen MR) is 116 cm³/mol. The number of thioether (sulfide) groups is 1. The fourth-order valence-electron chi connectivity index (χ4n) is 2.40. The van der Waals surface area contributed by atoms with Crippen molar-refractivity contribution in [1.82, 2.24) is 5.32 Å². The van der Waals surface area contributed by atoms with Crippen LogP contribution in [-0.4, -0.2) is 46.5 Å². The van der Waals surface area contributed by atoms with Crippen LogP contribution in [0.5, 0.6) is 5.75 Å². The second kappa shape index (κ2) is 10.6. The summed E-state index contributed by atoms with van der Waals surface area (Å²) in [5, 5.41) is 3.48. The lowest BCUT2D eigenvalue weighted by Crippen LogP contribution is -2.41. The fourth-order valence-corrected chi connectivity index (χ4v) is 4.40. The molecule has 2 aromatic carbocycles. The molecule has 0 radical (unpaired) electrons. The first-order valence-electron chi connectivity index (χ1n) is 8.51. The van der Waals surface area contributed by atoms with Crippen LogP contribution in [0.3, 0.4) is 0 Å². The van der Waals surface area contributed by atoms with Crippen LogP contribution >= 0.6 is 23.4 Å². The van der Waals surface area contributed by atoms with Crippen LogP contribution in [0.4, 0.5) is 5.69 Å². The molecular formula is C19H23ClN2O4S2. The van der Waals surface area contributed by atoms with Gasteiger partial charge in [0.05, 0.1) is 19.1 Å². The lowest BCUT2D eigenvalue weighted by atomic mass is 10.2. The Balaban J connectivity index is 1.84. The molecule has 0 fully saturated rings. The minimum absolute atomic E-state index is 0.277. The van der Waals surface area contributed by atoms with Crippen LogP contribution in [0.15, 0.2) is 48.5 Å². The zero-order chi connectivity index (χ0) is 20.6. The number of anilines is 1. The summed E-state index contributed by atoms with van der Waals surface area (Å²) in [7, 11) is -2.07. The lowest BCUT2D eigenvalue weighted by molar-refractivity contribution is -0.119. The van der Waals surface area contributed by atoms with Crippen molar-refractivity contribution < 1.29 is 17.9 Å². The molecule has 1 N–H and O–H groups in total. The minimum Gasteiger partial charge on any atom is -0.497 e. The van der Waals surface area contributed by atoms with Crippen LogP contribution in [-0.2, 0) is 20.6 Å². The zero-order valence-electron chi connectivity index (χ0n) is 15.7. The van der Waals surface area contributed by atoms with E-state index in [1.54, 1.807) is 36.0 Å². The monoisotopic (exact) mass is 442 g/mol. The van der Waals surface area contributed by atoms with Gasteiger partial charge >= 0.3 is 0 Å². The van der Waals surface area contributed by atoms with E-state index < -0.39 is 10.0 Å². The van der Waals surface area contributed by atoms with E-state index in [1.165, 1.54) is 7.11 Å². The standard InChI is InChI=1S/C19H23ClN2O4S2/c1-26-17-9-7-16(8-10-17)22(28(2,24)25)13-19(23)21-11-12-27-14-15-5-3-4-6-18(15)20/h3-10H,11-14H2,1-2H3,(H,21,23). The number of rotatable bonds is 10. The third-order valence-corrected chi connectivity index (χ3v) is 6.35. The molecule has 152 valence electrons. The summed E-state index contributed by atoms with van der Waals surface area (Å²) >= 11 is 7.75. The number of nitrogens with zero attached hydrogens (tertiary/aromatic N) is 1. The van der Waals surface area contributed by atoms with Crippen LogP contribution in [0, 0.1) is 0 Å². The summed E-state index contributed by atoms with van der Waals surface area (Å²) in [6.45, 7) is 0.161. The van der Waals surface area contributed by atoms with Crippen molar-refractivity contribution in [2.75, 3.05) is 36.5 Å². The summed E-state index contributed by atoms with van der Waals surface area (Å²) in [4.78, 5) is 12.2. The molecule has 2 rings (SSSR count). The Morgan fingerprint density at radius 3 is 2.46 bits per heavy atom. The van der Waals surface area contributed by atoms with Gasteiger partial charge in [-0.1, -0.05) is 29.8 Å². The first-order valence-corrected chi connectivity index (χ1v) is 11.9. The zero-order valence-corrected chi connectivity index (χ0v) is 18.1. The quantitative estimate of drug-likeness (QED) is 0.572. The molecule has 0 aromatic heterocycles. The lowest BCUT2D eigenvalue weighted by Gasteiger charge is -2.22. The largest absolute Gasteiger partial charge is 0.497 e. The van der Waals surface area contributed by atoms with E-state index in [4.69, 9.17) is 16.3 Å². The summed E-state index contributed by atoms with van der Waals surface area (Å²) < 4.78 is 30.3. The van der Waals surface area contributed by atoms with Crippen molar-refractivity contribution in [3.8, 4) is 5.75 Å². The number of amides is 1. The molecule has 9 heteroatoms. The molecule has 0 heterocycles. The smallest absolute Gasteiger partial charge is 0.240 e. The van der Waals surface area contributed by atoms with Crippen LogP contribution in [0.25, 0.3) is 0 Å². The van der Waals surface area contributed by atoms with Crippen molar-refractivity contribution in [3.05, 3.63) is 59.1 Å². The molecule has 0 spiro atoms. The van der Waals surface area contributed by atoms with Crippen molar-refractivity contribution in [2.24, 2.45) is 0 Å². The van der Waals surface area contributed by atoms with E-state index in [9.17, 15) is 13.2 Å². The van der Waals surface area contributed by atoms with E-state index in [2.05, 4.69) is 5.32 Å². The highest BCUT2D eigenvalue weighted by atomic mass is 35.5. The van der Waals surface area contributed by atoms with E-state index in [1.807, 2.05) is 24.3 Å². The topological polar surface area (TPSA) is 75.7 Å². The highest BCUT2D eigenvalue weighted by molar-refractivity contribution is 7.98. The Hall–Kier alpha value is -1.90. The molecule has 6 nitrogen and oxygen atoms in total. The van der Waals surface area contributed by atoms with Gasteiger partial charge in [-0.3, -0.25) is 9.10 Å². The molecular weight excluding hydrogens is 420 g/mol. The number of carbonyl (C=O) groups is 1. The molecule has 0 bridgehead atoms. The number of sulfonamides is 1. The molecule has 1 amide bonds. The molecule has 0 aliphatic rings. The molecule has 0 aliphatic heterocycles. The number of nitrogens with one attached hydrogen (secondary N) is 1. The Morgan fingerprint density at radius 2 is 1.86 bits per heavy atom. The highest BCUT2D eigenvalue weighted by Crippen LogP contribution is 2.22. The number of hydrogen-bond donors (Lipinski definition) is 1. The van der Waals surface area contributed by atoms with Gasteiger partial charge in [0.25, 0.3) is 0 Å². The van der Waals surface area contributed by atoms with Crippen molar-refractivity contribution >= 4 is 45.0 Å². The Labute approximate surface area is 175 Å². The van der Waals surface area contributed by atoms with Gasteiger partial charge in [0, 0.05) is 23.1 Å². The Morgan fingerprint density at radius 1 is 1.18 bits per heavy atom. The van der Waals surface area contributed by atoms with Gasteiger partial charge in [-0.15, -0.1) is 0 Å². The predicted octanol–water partition coefficient (Wildman–Crippen LogP) is 3.16. The SMILES string of the molecule is COc1ccc(N(CC(=O)NCCSCc2ccccc2Cl)S(C)(=O)=O)cc1. The molecule has 0 atom stereocenters. The maximum atomic E-state index is 12.2. The van der Waals surface area contributed by atoms with E-state index in [-0.39, 0.29) is 12.5 Å². The Kier molecular flexibility index (Phi) is 8.47. The third-order valence-electron chi connectivity index (χ3n) is 3.83. The normalized spacial score (nSPS) is 11.1. The van der Waals surface area contributed by atoms with Crippen molar-refractivity contribution in [2.45, 2.75) is 5.75 Å². The minimum atomic E-state index is -3.60. The third kappa shape index (κ3) is 6.92. The van der Waals surface area contributed by atoms with E-state index in [0.717, 1.165) is 26.9 Å². The maximum absolute atomic E-state index is 12.2. The average Bonchev–Trinajstić information content (AvgIpc) is 2.66. The van der Waals surface area contributed by atoms with Crippen LogP contribution < -0.4 is 14.4 Å². The van der Waals surface area contributed by atoms with Crippen molar-refractivity contribution in [3.63, 3.8) is 0 Å². The fraction of sp³-hybridized carbons (Fsp3) is 0.316. The first kappa shape index (κ1) is 22.4. The summed E-state index contributed by atoms with van der Waals surface area (Å²) in [6, 6.07) is 14.1. The number of carbonyl (C=O) groups excluding carboxylic acids is 1. The average molecular weight is 443 g/mol. The van der Waals surface area contributed by atoms with Gasteiger partial charge in [-0.05, 0) is 35.9 Å². The molecule has 0 saturated carbocycles. The number of halogens is 1. The van der Waals surface area contributed by atoms with E-state index >= 15 is 0 Å². The van der Waals surface area contributed by atoms with Crippen LogP contribution in [0.1, 0.15) is 5.56 Å². The molecule has 0 saturated heterocycles. The molecule has 28 heavy (non-hydrogen) atoms. The summed E-state index contributed by atoms with van der Waals surface area (Å²) in [6.07, 6.45) is 1.07. The summed E-state index contributed by atoms with van der Waals surface area (Å²) in [5.41, 5.74) is 1.45. The number of methoxy groups -OCH3 is 1. The van der Waals surface area contributed by atoms with Gasteiger partial charge in [0.2, 0.25) is 15.9 Å². The highest BCUT2D eigenvalue weighted by Gasteiger charge is 2.20. The van der Waals surface area contributed by atoms with Crippen LogP contribution in [0.2, 0.25) is 5.02 Å². The summed E-state index contributed by atoms with van der Waals surface area (Å²) in [5.74, 6) is 1.69. The second-order valence-electron chi connectivity index (χ2n) is 5.96. The van der Waals surface area contributed by atoms with Gasteiger partial charge in [-0.25, -0.2) is 8.42 Å². The Bertz CT molecular complexity index is 889. The number of ether oxygens (including phenoxy) is 1. The van der Waals surface area contributed by atoms with Gasteiger partial charge in [0.1, 0.15) is 12.3 Å². The van der Waals surface area contributed by atoms with Gasteiger partial charge in [-0.2, -0.15) is 11.8 Å². The molecule has 2 aromatic rings.